The fourth-order valence-electron chi connectivity index (χ4n) is 3.32. The van der Waals surface area contributed by atoms with Gasteiger partial charge >= 0.3 is 0 Å². The standard InChI is InChI=1S/C20H22N4O3/c1-23(2)11-14-5-7-15(8-6-14)19-21-20(27-22-19)16-10-18(25)24(12-16)13-17-4-3-9-26-17/h3-9,16H,10-13H2,1-2H3. The molecule has 0 spiro atoms. The van der Waals surface area contributed by atoms with Crippen molar-refractivity contribution >= 4 is 5.91 Å². The zero-order valence-corrected chi connectivity index (χ0v) is 15.5. The fourth-order valence-corrected chi connectivity index (χ4v) is 3.32. The number of hydrogen-bond donors (Lipinski definition) is 0. The van der Waals surface area contributed by atoms with Crippen LogP contribution in [0.25, 0.3) is 11.4 Å². The maximum absolute atomic E-state index is 12.3. The van der Waals surface area contributed by atoms with Crippen LogP contribution in [0.15, 0.2) is 51.6 Å². The highest BCUT2D eigenvalue weighted by Gasteiger charge is 2.34. The van der Waals surface area contributed by atoms with Crippen molar-refractivity contribution in [2.75, 3.05) is 20.6 Å². The number of furan rings is 1. The number of carbonyl (C=O) groups excluding carboxylic acids is 1. The molecule has 1 atom stereocenters. The van der Waals surface area contributed by atoms with Crippen molar-refractivity contribution in [3.8, 4) is 11.4 Å². The van der Waals surface area contributed by atoms with E-state index in [9.17, 15) is 4.79 Å². The molecule has 7 nitrogen and oxygen atoms in total. The van der Waals surface area contributed by atoms with Crippen molar-refractivity contribution in [2.45, 2.75) is 25.4 Å². The highest BCUT2D eigenvalue weighted by molar-refractivity contribution is 5.79. The molecule has 4 rings (SSSR count). The van der Waals surface area contributed by atoms with Gasteiger partial charge in [-0.15, -0.1) is 0 Å². The molecule has 1 saturated heterocycles. The van der Waals surface area contributed by atoms with E-state index in [-0.39, 0.29) is 11.8 Å². The topological polar surface area (TPSA) is 75.6 Å². The van der Waals surface area contributed by atoms with E-state index in [1.165, 1.54) is 5.56 Å². The fraction of sp³-hybridized carbons (Fsp3) is 0.350. The average Bonchev–Trinajstić information content (AvgIpc) is 3.38. The number of nitrogens with zero attached hydrogens (tertiary/aromatic N) is 4. The third-order valence-electron chi connectivity index (χ3n) is 4.64. The van der Waals surface area contributed by atoms with E-state index in [2.05, 4.69) is 27.2 Å². The predicted octanol–water partition coefficient (Wildman–Crippen LogP) is 2.91. The Hall–Kier alpha value is -2.93. The highest BCUT2D eigenvalue weighted by atomic mass is 16.5. The van der Waals surface area contributed by atoms with E-state index < -0.39 is 0 Å². The molecule has 1 aromatic carbocycles. The average molecular weight is 366 g/mol. The smallest absolute Gasteiger partial charge is 0.232 e. The van der Waals surface area contributed by atoms with E-state index >= 15 is 0 Å². The molecule has 1 unspecified atom stereocenters. The van der Waals surface area contributed by atoms with Crippen molar-refractivity contribution in [2.24, 2.45) is 0 Å². The number of hydrogen-bond acceptors (Lipinski definition) is 6. The second-order valence-corrected chi connectivity index (χ2v) is 7.15. The van der Waals surface area contributed by atoms with Crippen molar-refractivity contribution < 1.29 is 13.7 Å². The molecule has 1 aliphatic heterocycles. The molecule has 0 aliphatic carbocycles. The number of carbonyl (C=O) groups is 1. The Balaban J connectivity index is 1.44. The summed E-state index contributed by atoms with van der Waals surface area (Å²) in [6, 6.07) is 11.8. The first kappa shape index (κ1) is 17.5. The Kier molecular flexibility index (Phi) is 4.77. The summed E-state index contributed by atoms with van der Waals surface area (Å²) in [6.45, 7) is 1.91. The number of amides is 1. The van der Waals surface area contributed by atoms with Crippen LogP contribution >= 0.6 is 0 Å². The Bertz CT molecular complexity index is 900. The number of likely N-dealkylation sites (tertiary alicyclic amines) is 1. The first-order valence-corrected chi connectivity index (χ1v) is 8.96. The molecule has 0 N–H and O–H groups in total. The van der Waals surface area contributed by atoms with E-state index in [4.69, 9.17) is 8.94 Å². The summed E-state index contributed by atoms with van der Waals surface area (Å²) >= 11 is 0. The SMILES string of the molecule is CN(C)Cc1ccc(-c2noc(C3CC(=O)N(Cc4ccco4)C3)n2)cc1. The van der Waals surface area contributed by atoms with Gasteiger partial charge in [0.05, 0.1) is 18.7 Å². The van der Waals surface area contributed by atoms with Crippen LogP contribution in [0, 0.1) is 0 Å². The Labute approximate surface area is 157 Å². The highest BCUT2D eigenvalue weighted by Crippen LogP contribution is 2.29. The maximum atomic E-state index is 12.3. The van der Waals surface area contributed by atoms with Crippen molar-refractivity contribution in [1.82, 2.24) is 19.9 Å². The molecule has 0 bridgehead atoms. The molecular weight excluding hydrogens is 344 g/mol. The van der Waals surface area contributed by atoms with Crippen LogP contribution in [0.4, 0.5) is 0 Å². The normalized spacial score (nSPS) is 17.2. The molecule has 1 fully saturated rings. The first-order valence-electron chi connectivity index (χ1n) is 8.96. The molecule has 3 aromatic rings. The molecule has 1 amide bonds. The lowest BCUT2D eigenvalue weighted by Gasteiger charge is -2.13. The van der Waals surface area contributed by atoms with Crippen LogP contribution in [0.3, 0.4) is 0 Å². The van der Waals surface area contributed by atoms with Crippen LogP contribution in [0.1, 0.15) is 29.6 Å². The van der Waals surface area contributed by atoms with Crippen LogP contribution in [-0.4, -0.2) is 46.5 Å². The lowest BCUT2D eigenvalue weighted by atomic mass is 10.1. The van der Waals surface area contributed by atoms with Gasteiger partial charge in [-0.1, -0.05) is 29.4 Å². The van der Waals surface area contributed by atoms with E-state index in [0.29, 0.717) is 31.2 Å². The van der Waals surface area contributed by atoms with Gasteiger partial charge in [0, 0.05) is 25.1 Å². The van der Waals surface area contributed by atoms with Crippen LogP contribution < -0.4 is 0 Å². The molecular formula is C20H22N4O3. The first-order chi connectivity index (χ1) is 13.1. The largest absolute Gasteiger partial charge is 0.467 e. The molecule has 0 saturated carbocycles. The zero-order valence-electron chi connectivity index (χ0n) is 15.5. The van der Waals surface area contributed by atoms with Gasteiger partial charge in [-0.05, 0) is 31.8 Å². The molecule has 140 valence electrons. The minimum absolute atomic E-state index is 0.0733. The monoisotopic (exact) mass is 366 g/mol. The third-order valence-corrected chi connectivity index (χ3v) is 4.64. The maximum Gasteiger partial charge on any atom is 0.232 e. The summed E-state index contributed by atoms with van der Waals surface area (Å²) in [4.78, 5) is 20.7. The summed E-state index contributed by atoms with van der Waals surface area (Å²) in [5.41, 5.74) is 2.13. The Morgan fingerprint density at radius 3 is 2.74 bits per heavy atom. The molecule has 1 aliphatic rings. The van der Waals surface area contributed by atoms with Gasteiger partial charge < -0.3 is 18.7 Å². The van der Waals surface area contributed by atoms with Gasteiger partial charge in [-0.3, -0.25) is 4.79 Å². The van der Waals surface area contributed by atoms with Gasteiger partial charge in [0.2, 0.25) is 17.6 Å². The van der Waals surface area contributed by atoms with Gasteiger partial charge in [0.15, 0.2) is 0 Å². The van der Waals surface area contributed by atoms with Crippen LogP contribution in [0.2, 0.25) is 0 Å². The van der Waals surface area contributed by atoms with E-state index in [1.54, 1.807) is 11.2 Å². The van der Waals surface area contributed by atoms with Gasteiger partial charge in [0.25, 0.3) is 0 Å². The molecule has 0 radical (unpaired) electrons. The Morgan fingerprint density at radius 1 is 1.22 bits per heavy atom. The second-order valence-electron chi connectivity index (χ2n) is 7.15. The van der Waals surface area contributed by atoms with E-state index in [1.807, 2.05) is 38.4 Å². The summed E-state index contributed by atoms with van der Waals surface area (Å²) in [5.74, 6) is 1.83. The van der Waals surface area contributed by atoms with Crippen LogP contribution in [-0.2, 0) is 17.9 Å². The minimum atomic E-state index is -0.0817. The molecule has 7 heteroatoms. The zero-order chi connectivity index (χ0) is 18.8. The number of rotatable bonds is 6. The molecule has 3 heterocycles. The van der Waals surface area contributed by atoms with Gasteiger partial charge in [-0.2, -0.15) is 4.98 Å². The summed E-state index contributed by atoms with van der Waals surface area (Å²) in [5, 5.41) is 4.10. The van der Waals surface area contributed by atoms with E-state index in [0.717, 1.165) is 17.9 Å². The third kappa shape index (κ3) is 3.93. The van der Waals surface area contributed by atoms with Crippen molar-refractivity contribution in [3.05, 3.63) is 59.9 Å². The quantitative estimate of drug-likeness (QED) is 0.668. The van der Waals surface area contributed by atoms with Crippen molar-refractivity contribution in [1.29, 1.82) is 0 Å². The second kappa shape index (κ2) is 7.36. The van der Waals surface area contributed by atoms with Gasteiger partial charge in [-0.25, -0.2) is 0 Å². The van der Waals surface area contributed by atoms with Crippen molar-refractivity contribution in [3.63, 3.8) is 0 Å². The lowest BCUT2D eigenvalue weighted by Crippen LogP contribution is -2.24. The number of benzene rings is 1. The van der Waals surface area contributed by atoms with Crippen LogP contribution in [0.5, 0.6) is 0 Å². The van der Waals surface area contributed by atoms with Gasteiger partial charge in [0.1, 0.15) is 5.76 Å². The molecule has 27 heavy (non-hydrogen) atoms. The predicted molar refractivity (Wildman–Crippen MR) is 98.6 cm³/mol. The summed E-state index contributed by atoms with van der Waals surface area (Å²) in [6.07, 6.45) is 1.99. The minimum Gasteiger partial charge on any atom is -0.467 e. The summed E-state index contributed by atoms with van der Waals surface area (Å²) in [7, 11) is 4.08. The lowest BCUT2D eigenvalue weighted by molar-refractivity contribution is -0.128. The Morgan fingerprint density at radius 2 is 2.04 bits per heavy atom. The number of aromatic nitrogens is 2. The molecule has 2 aromatic heterocycles. The summed E-state index contributed by atoms with van der Waals surface area (Å²) < 4.78 is 10.8.